The molecule has 18 heavy (non-hydrogen) atoms. The first-order valence-corrected chi connectivity index (χ1v) is 6.63. The van der Waals surface area contributed by atoms with Gasteiger partial charge in [-0.05, 0) is 32.1 Å². The van der Waals surface area contributed by atoms with Gasteiger partial charge in [-0.2, -0.15) is 0 Å². The smallest absolute Gasteiger partial charge is 0.306 e. The average Bonchev–Trinajstić information content (AvgIpc) is 2.86. The Kier molecular flexibility index (Phi) is 5.14. The molecule has 5 nitrogen and oxygen atoms in total. The fourth-order valence-corrected chi connectivity index (χ4v) is 2.50. The highest BCUT2D eigenvalue weighted by Crippen LogP contribution is 2.31. The number of carboxylic acids is 1. The molecule has 5 heteroatoms. The molecule has 2 atom stereocenters. The number of carbonyl (C=O) groups is 2. The SMILES string of the molecule is CCC(CC)(CO)NC(=O)[C@@H]1CC[C@H](C(=O)O)C1. The van der Waals surface area contributed by atoms with E-state index in [1.54, 1.807) is 0 Å². The number of aliphatic hydroxyl groups excluding tert-OH is 1. The summed E-state index contributed by atoms with van der Waals surface area (Å²) in [6.07, 6.45) is 2.94. The highest BCUT2D eigenvalue weighted by molar-refractivity contribution is 5.81. The van der Waals surface area contributed by atoms with Crippen LogP contribution in [0, 0.1) is 11.8 Å². The third kappa shape index (κ3) is 3.22. The van der Waals surface area contributed by atoms with Gasteiger partial charge in [0.15, 0.2) is 0 Å². The standard InChI is InChI=1S/C13H23NO4/c1-3-13(4-2,8-15)14-11(16)9-5-6-10(7-9)12(17)18/h9-10,15H,3-8H2,1-2H3,(H,14,16)(H,17,18)/t9-,10+/m1/s1. The molecular formula is C13H23NO4. The van der Waals surface area contributed by atoms with Crippen molar-refractivity contribution in [1.29, 1.82) is 0 Å². The zero-order chi connectivity index (χ0) is 13.8. The molecule has 1 rings (SSSR count). The van der Waals surface area contributed by atoms with Crippen LogP contribution in [0.2, 0.25) is 0 Å². The molecule has 0 bridgehead atoms. The van der Waals surface area contributed by atoms with E-state index in [9.17, 15) is 14.7 Å². The topological polar surface area (TPSA) is 86.6 Å². The molecule has 0 aromatic heterocycles. The molecule has 1 saturated carbocycles. The van der Waals surface area contributed by atoms with Gasteiger partial charge >= 0.3 is 5.97 Å². The van der Waals surface area contributed by atoms with Crippen LogP contribution in [-0.2, 0) is 9.59 Å². The van der Waals surface area contributed by atoms with Gasteiger partial charge in [-0.1, -0.05) is 13.8 Å². The number of nitrogens with one attached hydrogen (secondary N) is 1. The monoisotopic (exact) mass is 257 g/mol. The molecule has 1 amide bonds. The van der Waals surface area contributed by atoms with Gasteiger partial charge < -0.3 is 15.5 Å². The Balaban J connectivity index is 2.58. The van der Waals surface area contributed by atoms with Crippen LogP contribution < -0.4 is 5.32 Å². The first-order chi connectivity index (χ1) is 8.48. The van der Waals surface area contributed by atoms with E-state index in [0.717, 1.165) is 0 Å². The Morgan fingerprint density at radius 3 is 2.17 bits per heavy atom. The predicted octanol–water partition coefficient (Wildman–Crippen LogP) is 1.15. The summed E-state index contributed by atoms with van der Waals surface area (Å²) in [5.41, 5.74) is -0.557. The maximum absolute atomic E-state index is 12.1. The Morgan fingerprint density at radius 2 is 1.78 bits per heavy atom. The van der Waals surface area contributed by atoms with Crippen molar-refractivity contribution < 1.29 is 19.8 Å². The van der Waals surface area contributed by atoms with Gasteiger partial charge in [0.25, 0.3) is 0 Å². The normalized spacial score (nSPS) is 23.9. The van der Waals surface area contributed by atoms with E-state index in [1.165, 1.54) is 0 Å². The molecular weight excluding hydrogens is 234 g/mol. The van der Waals surface area contributed by atoms with Crippen LogP contribution in [0.5, 0.6) is 0 Å². The number of rotatable bonds is 6. The first-order valence-electron chi connectivity index (χ1n) is 6.63. The number of hydrogen-bond acceptors (Lipinski definition) is 3. The fourth-order valence-electron chi connectivity index (χ4n) is 2.50. The molecule has 1 fully saturated rings. The second kappa shape index (κ2) is 6.18. The van der Waals surface area contributed by atoms with E-state index in [-0.39, 0.29) is 18.4 Å². The van der Waals surface area contributed by atoms with Crippen molar-refractivity contribution in [3.63, 3.8) is 0 Å². The minimum absolute atomic E-state index is 0.0825. The lowest BCUT2D eigenvalue weighted by molar-refractivity contribution is -0.141. The minimum Gasteiger partial charge on any atom is -0.481 e. The number of carbonyl (C=O) groups excluding carboxylic acids is 1. The van der Waals surface area contributed by atoms with Gasteiger partial charge in [0, 0.05) is 5.92 Å². The molecule has 0 aromatic carbocycles. The van der Waals surface area contributed by atoms with E-state index in [4.69, 9.17) is 5.11 Å². The number of amides is 1. The lowest BCUT2D eigenvalue weighted by Gasteiger charge is -2.32. The van der Waals surface area contributed by atoms with Crippen molar-refractivity contribution in [2.45, 2.75) is 51.5 Å². The predicted molar refractivity (Wildman–Crippen MR) is 67.0 cm³/mol. The Labute approximate surface area is 108 Å². The van der Waals surface area contributed by atoms with Gasteiger partial charge in [0.2, 0.25) is 5.91 Å². The summed E-state index contributed by atoms with van der Waals surface area (Å²) in [5, 5.41) is 21.2. The Morgan fingerprint density at radius 1 is 1.22 bits per heavy atom. The largest absolute Gasteiger partial charge is 0.481 e. The second-order valence-electron chi connectivity index (χ2n) is 5.18. The van der Waals surface area contributed by atoms with Gasteiger partial charge in [0.05, 0.1) is 18.1 Å². The van der Waals surface area contributed by atoms with Gasteiger partial charge in [-0.25, -0.2) is 0 Å². The minimum atomic E-state index is -0.815. The van der Waals surface area contributed by atoms with Crippen molar-refractivity contribution in [2.75, 3.05) is 6.61 Å². The number of hydrogen-bond donors (Lipinski definition) is 3. The van der Waals surface area contributed by atoms with Gasteiger partial charge in [-0.15, -0.1) is 0 Å². The third-order valence-corrected chi connectivity index (χ3v) is 4.20. The van der Waals surface area contributed by atoms with E-state index >= 15 is 0 Å². The van der Waals surface area contributed by atoms with Crippen LogP contribution in [0.4, 0.5) is 0 Å². The van der Waals surface area contributed by atoms with Crippen molar-refractivity contribution in [3.8, 4) is 0 Å². The maximum Gasteiger partial charge on any atom is 0.306 e. The molecule has 0 aromatic rings. The number of aliphatic hydroxyl groups is 1. The lowest BCUT2D eigenvalue weighted by atomic mass is 9.92. The number of aliphatic carboxylic acids is 1. The molecule has 0 spiro atoms. The van der Waals surface area contributed by atoms with Crippen molar-refractivity contribution in [2.24, 2.45) is 11.8 Å². The van der Waals surface area contributed by atoms with Crippen LogP contribution in [0.1, 0.15) is 46.0 Å². The summed E-state index contributed by atoms with van der Waals surface area (Å²) in [4.78, 5) is 22.9. The highest BCUT2D eigenvalue weighted by atomic mass is 16.4. The molecule has 104 valence electrons. The van der Waals surface area contributed by atoms with Crippen molar-refractivity contribution >= 4 is 11.9 Å². The van der Waals surface area contributed by atoms with Crippen LogP contribution in [0.25, 0.3) is 0 Å². The quantitative estimate of drug-likeness (QED) is 0.666. The van der Waals surface area contributed by atoms with Crippen LogP contribution in [0.15, 0.2) is 0 Å². The fraction of sp³-hybridized carbons (Fsp3) is 0.846. The summed E-state index contributed by atoms with van der Waals surface area (Å²) in [7, 11) is 0. The van der Waals surface area contributed by atoms with Crippen molar-refractivity contribution in [1.82, 2.24) is 5.32 Å². The Bertz CT molecular complexity index is 304. The van der Waals surface area contributed by atoms with Crippen LogP contribution in [-0.4, -0.2) is 34.2 Å². The van der Waals surface area contributed by atoms with E-state index in [2.05, 4.69) is 5.32 Å². The highest BCUT2D eigenvalue weighted by Gasteiger charge is 2.36. The third-order valence-electron chi connectivity index (χ3n) is 4.20. The molecule has 3 N–H and O–H groups in total. The zero-order valence-electron chi connectivity index (χ0n) is 11.1. The van der Waals surface area contributed by atoms with Gasteiger partial charge in [-0.3, -0.25) is 9.59 Å². The Hall–Kier alpha value is -1.10. The van der Waals surface area contributed by atoms with Crippen LogP contribution >= 0.6 is 0 Å². The molecule has 0 saturated heterocycles. The molecule has 0 radical (unpaired) electrons. The summed E-state index contributed by atoms with van der Waals surface area (Å²) in [6, 6.07) is 0. The summed E-state index contributed by atoms with van der Waals surface area (Å²) in [6.45, 7) is 3.77. The zero-order valence-corrected chi connectivity index (χ0v) is 11.1. The molecule has 0 aliphatic heterocycles. The van der Waals surface area contributed by atoms with E-state index in [0.29, 0.717) is 32.1 Å². The number of carboxylic acid groups (broad SMARTS) is 1. The maximum atomic E-state index is 12.1. The molecule has 0 unspecified atom stereocenters. The second-order valence-corrected chi connectivity index (χ2v) is 5.18. The summed E-state index contributed by atoms with van der Waals surface area (Å²) < 4.78 is 0. The summed E-state index contributed by atoms with van der Waals surface area (Å²) >= 11 is 0. The van der Waals surface area contributed by atoms with Gasteiger partial charge in [0.1, 0.15) is 0 Å². The molecule has 0 heterocycles. The van der Waals surface area contributed by atoms with Crippen molar-refractivity contribution in [3.05, 3.63) is 0 Å². The molecule has 1 aliphatic carbocycles. The molecule has 1 aliphatic rings. The van der Waals surface area contributed by atoms with E-state index < -0.39 is 17.4 Å². The summed E-state index contributed by atoms with van der Waals surface area (Å²) in [5.74, 6) is -1.55. The average molecular weight is 257 g/mol. The lowest BCUT2D eigenvalue weighted by Crippen LogP contribution is -2.52. The van der Waals surface area contributed by atoms with E-state index in [1.807, 2.05) is 13.8 Å². The first kappa shape index (κ1) is 15.0. The van der Waals surface area contributed by atoms with Crippen LogP contribution in [0.3, 0.4) is 0 Å².